The van der Waals surface area contributed by atoms with Crippen LogP contribution in [0.3, 0.4) is 0 Å². The fourth-order valence-electron chi connectivity index (χ4n) is 2.68. The Balaban J connectivity index is 1.65. The Morgan fingerprint density at radius 1 is 1.17 bits per heavy atom. The van der Waals surface area contributed by atoms with Crippen LogP contribution >= 0.6 is 22.9 Å². The van der Waals surface area contributed by atoms with Gasteiger partial charge in [-0.15, -0.1) is 11.3 Å². The maximum Gasteiger partial charge on any atom is 0.269 e. The van der Waals surface area contributed by atoms with Crippen LogP contribution in [0.25, 0.3) is 10.4 Å². The number of anilines is 1. The van der Waals surface area contributed by atoms with Gasteiger partial charge in [0.2, 0.25) is 0 Å². The van der Waals surface area contributed by atoms with E-state index in [0.29, 0.717) is 11.6 Å². The van der Waals surface area contributed by atoms with Gasteiger partial charge >= 0.3 is 0 Å². The van der Waals surface area contributed by atoms with Gasteiger partial charge in [0.25, 0.3) is 5.91 Å². The van der Waals surface area contributed by atoms with Crippen molar-refractivity contribution in [3.8, 4) is 10.4 Å². The second kappa shape index (κ2) is 5.51. The highest BCUT2D eigenvalue weighted by Gasteiger charge is 2.31. The molecule has 2 aromatic heterocycles. The summed E-state index contributed by atoms with van der Waals surface area (Å²) in [5, 5.41) is 0.715. The van der Waals surface area contributed by atoms with Crippen LogP contribution in [0, 0.1) is 0 Å². The molecule has 4 rings (SSSR count). The van der Waals surface area contributed by atoms with Crippen LogP contribution in [0.5, 0.6) is 0 Å². The summed E-state index contributed by atoms with van der Waals surface area (Å²) in [7, 11) is 1.94. The lowest BCUT2D eigenvalue weighted by molar-refractivity contribution is 0.1000. The summed E-state index contributed by atoms with van der Waals surface area (Å²) in [4.78, 5) is 20.6. The van der Waals surface area contributed by atoms with Crippen molar-refractivity contribution in [3.63, 3.8) is 0 Å². The first-order valence-corrected chi connectivity index (χ1v) is 8.44. The zero-order chi connectivity index (χ0) is 16.0. The van der Waals surface area contributed by atoms with Crippen molar-refractivity contribution < 1.29 is 4.79 Å². The van der Waals surface area contributed by atoms with Crippen LogP contribution in [0.2, 0.25) is 5.02 Å². The molecule has 0 bridgehead atoms. The highest BCUT2D eigenvalue weighted by Crippen LogP contribution is 2.38. The molecule has 112 valence electrons. The van der Waals surface area contributed by atoms with Crippen LogP contribution in [0.15, 0.2) is 48.7 Å². The van der Waals surface area contributed by atoms with E-state index < -0.39 is 0 Å². The first kappa shape index (κ1) is 14.5. The summed E-state index contributed by atoms with van der Waals surface area (Å²) in [5.41, 5.74) is 3.95. The number of thiophene rings is 1. The van der Waals surface area contributed by atoms with Gasteiger partial charge in [-0.2, -0.15) is 0 Å². The topological polar surface area (TPSA) is 33.2 Å². The number of carbonyl (C=O) groups is 1. The number of aromatic nitrogens is 1. The van der Waals surface area contributed by atoms with Gasteiger partial charge in [-0.3, -0.25) is 9.78 Å². The Morgan fingerprint density at radius 3 is 2.61 bits per heavy atom. The summed E-state index contributed by atoms with van der Waals surface area (Å²) < 4.78 is 0. The maximum atomic E-state index is 12.7. The molecule has 0 saturated carbocycles. The van der Waals surface area contributed by atoms with Crippen molar-refractivity contribution in [1.82, 2.24) is 4.98 Å². The summed E-state index contributed by atoms with van der Waals surface area (Å²) in [6.45, 7) is 0.600. The second-order valence-corrected chi connectivity index (χ2v) is 7.01. The minimum atomic E-state index is 0.0517. The van der Waals surface area contributed by atoms with E-state index in [9.17, 15) is 4.79 Å². The van der Waals surface area contributed by atoms with Crippen LogP contribution in [0.1, 0.15) is 15.2 Å². The van der Waals surface area contributed by atoms with Crippen molar-refractivity contribution in [1.29, 1.82) is 0 Å². The molecule has 1 aromatic carbocycles. The smallest absolute Gasteiger partial charge is 0.269 e. The zero-order valence-electron chi connectivity index (χ0n) is 12.4. The molecule has 23 heavy (non-hydrogen) atoms. The number of fused-ring (bicyclic) bond motifs is 1. The van der Waals surface area contributed by atoms with Gasteiger partial charge in [-0.1, -0.05) is 23.7 Å². The van der Waals surface area contributed by atoms with Gasteiger partial charge in [0, 0.05) is 16.1 Å². The number of hydrogen-bond acceptors (Lipinski definition) is 3. The first-order valence-electron chi connectivity index (χ1n) is 7.25. The van der Waals surface area contributed by atoms with Crippen molar-refractivity contribution in [2.45, 2.75) is 6.54 Å². The third-order valence-electron chi connectivity index (χ3n) is 3.91. The summed E-state index contributed by atoms with van der Waals surface area (Å²) in [6.07, 6.45) is 1.75. The summed E-state index contributed by atoms with van der Waals surface area (Å²) >= 11 is 7.47. The lowest BCUT2D eigenvalue weighted by Gasteiger charge is -2.15. The van der Waals surface area contributed by atoms with Gasteiger partial charge < -0.3 is 4.90 Å². The number of nitrogens with zero attached hydrogens (tertiary/aromatic N) is 2. The molecule has 1 aliphatic rings. The van der Waals surface area contributed by atoms with E-state index in [1.54, 1.807) is 11.1 Å². The number of benzene rings is 1. The fraction of sp³-hybridized carbons (Fsp3) is 0.0588. The lowest BCUT2D eigenvalue weighted by Crippen LogP contribution is -2.24. The maximum absolute atomic E-state index is 12.7. The highest BCUT2D eigenvalue weighted by molar-refractivity contribution is 7.17. The van der Waals surface area contributed by atoms with Crippen molar-refractivity contribution in [2.24, 2.45) is 0 Å². The summed E-state index contributed by atoms with van der Waals surface area (Å²) in [6, 6.07) is 13.7. The molecule has 3 aromatic rings. The monoisotopic (exact) mass is 338 g/mol. The number of amides is 1. The molecule has 0 fully saturated rings. The van der Waals surface area contributed by atoms with Gasteiger partial charge in [0.15, 0.2) is 7.85 Å². The molecule has 0 unspecified atom stereocenters. The van der Waals surface area contributed by atoms with E-state index in [2.05, 4.69) is 11.1 Å². The predicted octanol–water partition coefficient (Wildman–Crippen LogP) is 2.88. The molecule has 0 spiro atoms. The van der Waals surface area contributed by atoms with Gasteiger partial charge in [-0.05, 0) is 47.1 Å². The molecule has 0 atom stereocenters. The minimum Gasteiger partial charge on any atom is -0.302 e. The van der Waals surface area contributed by atoms with E-state index in [0.717, 1.165) is 32.2 Å². The Labute approximate surface area is 144 Å². The highest BCUT2D eigenvalue weighted by atomic mass is 35.5. The van der Waals surface area contributed by atoms with E-state index >= 15 is 0 Å². The van der Waals surface area contributed by atoms with E-state index in [1.165, 1.54) is 11.3 Å². The van der Waals surface area contributed by atoms with E-state index in [1.807, 2.05) is 44.2 Å². The average molecular weight is 339 g/mol. The predicted molar refractivity (Wildman–Crippen MR) is 97.7 cm³/mol. The van der Waals surface area contributed by atoms with E-state index in [4.69, 9.17) is 11.6 Å². The van der Waals surface area contributed by atoms with Crippen molar-refractivity contribution >= 4 is 48.0 Å². The molecular formula is C17H12BClN2OS. The quantitative estimate of drug-likeness (QED) is 0.673. The fourth-order valence-corrected chi connectivity index (χ4v) is 3.93. The Hall–Kier alpha value is -2.11. The Kier molecular flexibility index (Phi) is 3.47. The lowest BCUT2D eigenvalue weighted by atomic mass is 10.0. The number of hydrogen-bond donors (Lipinski definition) is 0. The van der Waals surface area contributed by atoms with Gasteiger partial charge in [-0.25, -0.2) is 0 Å². The zero-order valence-corrected chi connectivity index (χ0v) is 14.0. The molecule has 0 radical (unpaired) electrons. The van der Waals surface area contributed by atoms with Gasteiger partial charge in [0.05, 0.1) is 17.1 Å². The molecule has 0 N–H and O–H groups in total. The molecule has 1 amide bonds. The van der Waals surface area contributed by atoms with Crippen LogP contribution in [-0.4, -0.2) is 18.7 Å². The molecule has 1 aliphatic heterocycles. The Bertz CT molecular complexity index is 890. The number of halogens is 1. The van der Waals surface area contributed by atoms with Gasteiger partial charge in [0.1, 0.15) is 0 Å². The normalized spacial score (nSPS) is 13.4. The van der Waals surface area contributed by atoms with Crippen molar-refractivity contribution in [2.75, 3.05) is 4.90 Å². The van der Waals surface area contributed by atoms with E-state index in [-0.39, 0.29) is 5.91 Å². The molecule has 0 aliphatic carbocycles. The average Bonchev–Trinajstić information content (AvgIpc) is 3.09. The van der Waals surface area contributed by atoms with Crippen LogP contribution in [-0.2, 0) is 6.54 Å². The third kappa shape index (κ3) is 2.56. The number of carbonyl (C=O) groups excluding carboxylic acids is 1. The molecule has 3 nitrogen and oxygen atoms in total. The molecular weight excluding hydrogens is 327 g/mol. The number of pyridine rings is 1. The number of rotatable bonds is 2. The second-order valence-electron chi connectivity index (χ2n) is 5.52. The SMILES string of the molecule is Bc1ccc(N2Cc3cc(-c4ccc(Cl)cc4)sc3C2=O)cn1. The largest absolute Gasteiger partial charge is 0.302 e. The summed E-state index contributed by atoms with van der Waals surface area (Å²) in [5.74, 6) is 0.0517. The van der Waals surface area contributed by atoms with Crippen molar-refractivity contribution in [3.05, 3.63) is 64.1 Å². The van der Waals surface area contributed by atoms with Crippen LogP contribution in [0.4, 0.5) is 5.69 Å². The standard InChI is InChI=1S/C17H12BClN2OS/c18-15-6-5-13(8-20-15)21-9-11-7-14(23-16(11)17(21)22)10-1-3-12(19)4-2-10/h1-8H,9,18H2. The molecule has 0 saturated heterocycles. The third-order valence-corrected chi connectivity index (χ3v) is 5.38. The van der Waals surface area contributed by atoms with Crippen LogP contribution < -0.4 is 10.5 Å². The first-order chi connectivity index (χ1) is 11.1. The molecule has 3 heterocycles. The molecule has 6 heteroatoms. The minimum absolute atomic E-state index is 0.0517. The Morgan fingerprint density at radius 2 is 1.96 bits per heavy atom.